The summed E-state index contributed by atoms with van der Waals surface area (Å²) in [7, 11) is 0. The average molecular weight is 202 g/mol. The number of hydrogen-bond acceptors (Lipinski definition) is 1. The van der Waals surface area contributed by atoms with Crippen LogP contribution in [-0.2, 0) is 6.42 Å². The lowest BCUT2D eigenvalue weighted by atomic mass is 10.0. The monoisotopic (exact) mass is 202 g/mol. The quantitative estimate of drug-likeness (QED) is 0.684. The molecule has 14 heavy (non-hydrogen) atoms. The Hall–Kier alpha value is -1.03. The first kappa shape index (κ1) is 9.52. The molecule has 0 spiro atoms. The lowest BCUT2D eigenvalue weighted by Crippen LogP contribution is -2.21. The van der Waals surface area contributed by atoms with E-state index >= 15 is 0 Å². The summed E-state index contributed by atoms with van der Waals surface area (Å²) in [4.78, 5) is 0. The van der Waals surface area contributed by atoms with E-state index in [0.29, 0.717) is 5.56 Å². The zero-order valence-electron chi connectivity index (χ0n) is 7.52. The second-order valence-electron chi connectivity index (χ2n) is 3.64. The molecule has 0 heterocycles. The van der Waals surface area contributed by atoms with Crippen LogP contribution in [-0.4, -0.2) is 11.0 Å². The Kier molecular flexibility index (Phi) is 1.86. The van der Waals surface area contributed by atoms with Gasteiger partial charge in [0.05, 0.1) is 0 Å². The Morgan fingerprint density at radius 1 is 1.43 bits per heavy atom. The summed E-state index contributed by atoms with van der Waals surface area (Å²) in [6, 6.07) is 2.22. The highest BCUT2D eigenvalue weighted by atomic mass is 19.3. The molecular weight excluding hydrogens is 193 g/mol. The van der Waals surface area contributed by atoms with Gasteiger partial charge in [0.25, 0.3) is 5.92 Å². The van der Waals surface area contributed by atoms with E-state index in [1.54, 1.807) is 0 Å². The van der Waals surface area contributed by atoms with E-state index in [2.05, 4.69) is 0 Å². The van der Waals surface area contributed by atoms with E-state index in [1.807, 2.05) is 0 Å². The van der Waals surface area contributed by atoms with Gasteiger partial charge in [-0.15, -0.1) is 0 Å². The third-order valence-electron chi connectivity index (χ3n) is 2.54. The molecule has 0 aromatic heterocycles. The van der Waals surface area contributed by atoms with Gasteiger partial charge in [-0.2, -0.15) is 0 Å². The molecule has 0 radical (unpaired) electrons. The second-order valence-corrected chi connectivity index (χ2v) is 3.64. The van der Waals surface area contributed by atoms with Gasteiger partial charge in [-0.3, -0.25) is 0 Å². The summed E-state index contributed by atoms with van der Waals surface area (Å²) >= 11 is 0. The fourth-order valence-electron chi connectivity index (χ4n) is 1.92. The van der Waals surface area contributed by atoms with Crippen molar-refractivity contribution < 1.29 is 18.3 Å². The van der Waals surface area contributed by atoms with E-state index < -0.39 is 24.3 Å². The summed E-state index contributed by atoms with van der Waals surface area (Å²) in [5.41, 5.74) is 0.765. The maximum absolute atomic E-state index is 13.1. The molecule has 76 valence electrons. The molecule has 1 atom stereocenters. The van der Waals surface area contributed by atoms with Gasteiger partial charge in [0.2, 0.25) is 0 Å². The van der Waals surface area contributed by atoms with Gasteiger partial charge in [0.1, 0.15) is 11.9 Å². The largest absolute Gasteiger partial charge is 0.382 e. The highest BCUT2D eigenvalue weighted by Crippen LogP contribution is 2.44. The van der Waals surface area contributed by atoms with Crippen LogP contribution in [0.5, 0.6) is 0 Å². The minimum absolute atomic E-state index is 0.177. The van der Waals surface area contributed by atoms with Crippen LogP contribution < -0.4 is 0 Å². The van der Waals surface area contributed by atoms with Crippen LogP contribution in [0, 0.1) is 12.7 Å². The number of aryl methyl sites for hydroxylation is 1. The molecule has 1 aromatic rings. The van der Waals surface area contributed by atoms with E-state index in [9.17, 15) is 18.3 Å². The van der Waals surface area contributed by atoms with Crippen LogP contribution in [0.25, 0.3) is 0 Å². The van der Waals surface area contributed by atoms with Crippen LogP contribution >= 0.6 is 0 Å². The van der Waals surface area contributed by atoms with Crippen molar-refractivity contribution in [1.82, 2.24) is 0 Å². The van der Waals surface area contributed by atoms with E-state index in [4.69, 9.17) is 0 Å². The second kappa shape index (κ2) is 2.73. The highest BCUT2D eigenvalue weighted by Gasteiger charge is 2.47. The first-order chi connectivity index (χ1) is 6.42. The topological polar surface area (TPSA) is 20.2 Å². The predicted octanol–water partition coefficient (Wildman–Crippen LogP) is 2.36. The maximum atomic E-state index is 13.1. The van der Waals surface area contributed by atoms with Gasteiger partial charge in [-0.25, -0.2) is 13.2 Å². The van der Waals surface area contributed by atoms with Crippen LogP contribution in [0.1, 0.15) is 22.8 Å². The normalized spacial score (nSPS) is 23.6. The minimum Gasteiger partial charge on any atom is -0.382 e. The smallest absolute Gasteiger partial charge is 0.281 e. The number of aliphatic hydroxyl groups is 1. The van der Waals surface area contributed by atoms with E-state index in [-0.39, 0.29) is 11.1 Å². The van der Waals surface area contributed by atoms with Crippen molar-refractivity contribution in [3.05, 3.63) is 34.6 Å². The van der Waals surface area contributed by atoms with Crippen molar-refractivity contribution in [2.45, 2.75) is 25.4 Å². The minimum atomic E-state index is -3.17. The number of alkyl halides is 2. The molecule has 1 aromatic carbocycles. The Morgan fingerprint density at radius 2 is 2.07 bits per heavy atom. The van der Waals surface area contributed by atoms with Gasteiger partial charge in [0.15, 0.2) is 0 Å². The van der Waals surface area contributed by atoms with Crippen LogP contribution in [0.2, 0.25) is 0 Å². The van der Waals surface area contributed by atoms with Crippen molar-refractivity contribution >= 4 is 0 Å². The maximum Gasteiger partial charge on any atom is 0.281 e. The molecule has 1 aliphatic rings. The molecule has 0 aliphatic heterocycles. The summed E-state index contributed by atoms with van der Waals surface area (Å²) in [6.07, 6.45) is -2.37. The molecule has 0 bridgehead atoms. The zero-order valence-corrected chi connectivity index (χ0v) is 7.52. The molecule has 0 fully saturated rings. The molecule has 0 saturated carbocycles. The first-order valence-electron chi connectivity index (χ1n) is 4.26. The van der Waals surface area contributed by atoms with E-state index in [0.717, 1.165) is 12.1 Å². The van der Waals surface area contributed by atoms with Gasteiger partial charge >= 0.3 is 0 Å². The lowest BCUT2D eigenvalue weighted by molar-refractivity contribution is -0.0969. The van der Waals surface area contributed by atoms with E-state index in [1.165, 1.54) is 6.92 Å². The summed E-state index contributed by atoms with van der Waals surface area (Å²) in [5, 5.41) is 9.31. The Morgan fingerprint density at radius 3 is 2.71 bits per heavy atom. The van der Waals surface area contributed by atoms with Crippen molar-refractivity contribution in [2.24, 2.45) is 0 Å². The van der Waals surface area contributed by atoms with Crippen molar-refractivity contribution in [2.75, 3.05) is 0 Å². The average Bonchev–Trinajstić information content (AvgIpc) is 2.21. The molecule has 1 nitrogen and oxygen atoms in total. The molecular formula is C10H9F3O. The van der Waals surface area contributed by atoms with Crippen molar-refractivity contribution in [3.8, 4) is 0 Å². The van der Waals surface area contributed by atoms with Crippen molar-refractivity contribution in [1.29, 1.82) is 0 Å². The predicted molar refractivity (Wildman–Crippen MR) is 44.7 cm³/mol. The van der Waals surface area contributed by atoms with Gasteiger partial charge < -0.3 is 5.11 Å². The molecule has 4 heteroatoms. The number of benzene rings is 1. The Labute approximate surface area is 79.2 Å². The van der Waals surface area contributed by atoms with Crippen LogP contribution in [0.4, 0.5) is 13.2 Å². The molecule has 0 saturated heterocycles. The summed E-state index contributed by atoms with van der Waals surface area (Å²) in [5.74, 6) is -3.70. The standard InChI is InChI=1S/C10H9F3O/c1-5-2-7(11)3-6-4-10(12,13)9(14)8(5)6/h2-3,9,14H,4H2,1H3. The zero-order chi connectivity index (χ0) is 10.5. The van der Waals surface area contributed by atoms with Gasteiger partial charge in [-0.1, -0.05) is 0 Å². The lowest BCUT2D eigenvalue weighted by Gasteiger charge is -2.14. The molecule has 0 amide bonds. The molecule has 1 aliphatic carbocycles. The van der Waals surface area contributed by atoms with Gasteiger partial charge in [-0.05, 0) is 35.7 Å². The van der Waals surface area contributed by atoms with Crippen molar-refractivity contribution in [3.63, 3.8) is 0 Å². The summed E-state index contributed by atoms with van der Waals surface area (Å²) in [6.45, 7) is 1.52. The van der Waals surface area contributed by atoms with Crippen LogP contribution in [0.3, 0.4) is 0 Å². The summed E-state index contributed by atoms with van der Waals surface area (Å²) < 4.78 is 39.0. The highest BCUT2D eigenvalue weighted by molar-refractivity contribution is 5.42. The fourth-order valence-corrected chi connectivity index (χ4v) is 1.92. The molecule has 1 unspecified atom stereocenters. The number of fused-ring (bicyclic) bond motifs is 1. The third-order valence-corrected chi connectivity index (χ3v) is 2.54. The van der Waals surface area contributed by atoms with Crippen LogP contribution in [0.15, 0.2) is 12.1 Å². The Balaban J connectivity index is 2.59. The SMILES string of the molecule is Cc1cc(F)cc2c1C(O)C(F)(F)C2. The molecule has 2 rings (SSSR count). The van der Waals surface area contributed by atoms with Gasteiger partial charge in [0, 0.05) is 6.42 Å². The molecule has 1 N–H and O–H groups in total. The fraction of sp³-hybridized carbons (Fsp3) is 0.400. The third kappa shape index (κ3) is 1.21. The number of hydrogen-bond donors (Lipinski definition) is 1. The first-order valence-corrected chi connectivity index (χ1v) is 4.26. The Bertz CT molecular complexity index is 387. The number of halogens is 3. The number of aliphatic hydroxyl groups excluding tert-OH is 1. The number of rotatable bonds is 0.